The van der Waals surface area contributed by atoms with Gasteiger partial charge in [0.2, 0.25) is 0 Å². The molecule has 2 aliphatic rings. The van der Waals surface area contributed by atoms with E-state index in [0.29, 0.717) is 6.10 Å². The van der Waals surface area contributed by atoms with Gasteiger partial charge in [0, 0.05) is 26.2 Å². The zero-order valence-corrected chi connectivity index (χ0v) is 7.41. The van der Waals surface area contributed by atoms with Crippen LogP contribution < -0.4 is 0 Å². The molecular weight excluding hydrogens is 154 g/mol. The van der Waals surface area contributed by atoms with Crippen molar-refractivity contribution in [3.8, 4) is 0 Å². The van der Waals surface area contributed by atoms with E-state index in [1.54, 1.807) is 0 Å². The lowest BCUT2D eigenvalue weighted by Gasteiger charge is -2.18. The zero-order valence-electron chi connectivity index (χ0n) is 7.41. The predicted molar refractivity (Wildman–Crippen MR) is 46.0 cm³/mol. The molecule has 2 atom stereocenters. The number of rotatable bonds is 2. The minimum atomic E-state index is -0.0913. The van der Waals surface area contributed by atoms with Crippen LogP contribution in [0.25, 0.3) is 0 Å². The van der Waals surface area contributed by atoms with Gasteiger partial charge in [-0.3, -0.25) is 4.90 Å². The molecule has 70 valence electrons. The van der Waals surface area contributed by atoms with Gasteiger partial charge in [0.1, 0.15) is 0 Å². The minimum Gasteiger partial charge on any atom is -0.392 e. The van der Waals surface area contributed by atoms with Gasteiger partial charge in [0.05, 0.1) is 12.2 Å². The van der Waals surface area contributed by atoms with Crippen LogP contribution in [0, 0.1) is 0 Å². The van der Waals surface area contributed by atoms with Gasteiger partial charge in [-0.25, -0.2) is 0 Å². The van der Waals surface area contributed by atoms with Crippen LogP contribution in [0.4, 0.5) is 0 Å². The number of hydrogen-bond acceptors (Lipinski definition) is 3. The van der Waals surface area contributed by atoms with Gasteiger partial charge in [0.25, 0.3) is 0 Å². The quantitative estimate of drug-likeness (QED) is 0.645. The Morgan fingerprint density at radius 2 is 2.33 bits per heavy atom. The molecule has 0 aromatic heterocycles. The first-order valence-corrected chi connectivity index (χ1v) is 4.86. The van der Waals surface area contributed by atoms with Gasteiger partial charge >= 0.3 is 0 Å². The zero-order chi connectivity index (χ0) is 8.39. The largest absolute Gasteiger partial charge is 0.392 e. The van der Waals surface area contributed by atoms with Gasteiger partial charge < -0.3 is 9.84 Å². The normalized spacial score (nSPS) is 37.8. The van der Waals surface area contributed by atoms with Crippen LogP contribution in [0.1, 0.15) is 19.3 Å². The first-order valence-electron chi connectivity index (χ1n) is 4.86. The summed E-state index contributed by atoms with van der Waals surface area (Å²) in [6.07, 6.45) is 3.70. The summed E-state index contributed by atoms with van der Waals surface area (Å²) in [5, 5.41) is 9.29. The average Bonchev–Trinajstić information content (AvgIpc) is 2.63. The fourth-order valence-corrected chi connectivity index (χ4v) is 2.05. The molecule has 3 nitrogen and oxygen atoms in total. The summed E-state index contributed by atoms with van der Waals surface area (Å²) in [5.74, 6) is 0. The molecule has 0 saturated carbocycles. The van der Waals surface area contributed by atoms with Crippen molar-refractivity contribution in [2.45, 2.75) is 31.5 Å². The van der Waals surface area contributed by atoms with E-state index in [1.165, 1.54) is 12.8 Å². The summed E-state index contributed by atoms with van der Waals surface area (Å²) in [6.45, 7) is 3.85. The van der Waals surface area contributed by atoms with Crippen LogP contribution in [0.3, 0.4) is 0 Å². The lowest BCUT2D eigenvalue weighted by molar-refractivity contribution is 0.0755. The molecule has 12 heavy (non-hydrogen) atoms. The molecule has 0 aliphatic carbocycles. The molecule has 2 heterocycles. The van der Waals surface area contributed by atoms with Crippen LogP contribution in [0.15, 0.2) is 0 Å². The molecular formula is C9H17NO2. The number of likely N-dealkylation sites (tertiary alicyclic amines) is 1. The standard InChI is InChI=1S/C9H17NO2/c11-8-3-4-10(6-8)7-9-2-1-5-12-9/h8-9,11H,1-7H2/t8-,9-/m0/s1. The second kappa shape index (κ2) is 3.73. The Balaban J connectivity index is 1.72. The molecule has 2 fully saturated rings. The number of aliphatic hydroxyl groups excluding tert-OH is 1. The molecule has 2 aliphatic heterocycles. The van der Waals surface area contributed by atoms with Crippen LogP contribution >= 0.6 is 0 Å². The Hall–Kier alpha value is -0.120. The molecule has 0 spiro atoms. The molecule has 0 amide bonds. The monoisotopic (exact) mass is 171 g/mol. The highest BCUT2D eigenvalue weighted by molar-refractivity contribution is 4.78. The predicted octanol–water partition coefficient (Wildman–Crippen LogP) is 0.232. The van der Waals surface area contributed by atoms with E-state index in [0.717, 1.165) is 32.7 Å². The molecule has 2 saturated heterocycles. The van der Waals surface area contributed by atoms with Crippen molar-refractivity contribution in [2.24, 2.45) is 0 Å². The van der Waals surface area contributed by atoms with Crippen molar-refractivity contribution < 1.29 is 9.84 Å². The third-order valence-electron chi connectivity index (χ3n) is 2.73. The van der Waals surface area contributed by atoms with Crippen molar-refractivity contribution >= 4 is 0 Å². The van der Waals surface area contributed by atoms with Gasteiger partial charge in [-0.2, -0.15) is 0 Å². The van der Waals surface area contributed by atoms with Crippen molar-refractivity contribution in [1.29, 1.82) is 0 Å². The molecule has 0 unspecified atom stereocenters. The molecule has 2 rings (SSSR count). The minimum absolute atomic E-state index is 0.0913. The highest BCUT2D eigenvalue weighted by Crippen LogP contribution is 2.16. The van der Waals surface area contributed by atoms with E-state index in [-0.39, 0.29) is 6.10 Å². The maximum atomic E-state index is 9.29. The van der Waals surface area contributed by atoms with Gasteiger partial charge in [-0.15, -0.1) is 0 Å². The van der Waals surface area contributed by atoms with Crippen LogP contribution in [0.2, 0.25) is 0 Å². The van der Waals surface area contributed by atoms with E-state index in [2.05, 4.69) is 4.90 Å². The van der Waals surface area contributed by atoms with E-state index >= 15 is 0 Å². The Bertz CT molecular complexity index is 145. The lowest BCUT2D eigenvalue weighted by Crippen LogP contribution is -2.30. The third kappa shape index (κ3) is 1.97. The van der Waals surface area contributed by atoms with E-state index in [9.17, 15) is 5.11 Å². The number of ether oxygens (including phenoxy) is 1. The van der Waals surface area contributed by atoms with Crippen molar-refractivity contribution in [3.63, 3.8) is 0 Å². The van der Waals surface area contributed by atoms with E-state index in [4.69, 9.17) is 4.74 Å². The average molecular weight is 171 g/mol. The van der Waals surface area contributed by atoms with E-state index in [1.807, 2.05) is 0 Å². The Morgan fingerprint density at radius 1 is 1.42 bits per heavy atom. The Kier molecular flexibility index (Phi) is 2.63. The molecule has 1 N–H and O–H groups in total. The summed E-state index contributed by atoms with van der Waals surface area (Å²) in [4.78, 5) is 2.31. The first kappa shape index (κ1) is 8.48. The maximum Gasteiger partial charge on any atom is 0.0702 e. The van der Waals surface area contributed by atoms with Crippen LogP contribution in [-0.2, 0) is 4.74 Å². The van der Waals surface area contributed by atoms with Crippen molar-refractivity contribution in [2.75, 3.05) is 26.2 Å². The number of hydrogen-bond donors (Lipinski definition) is 1. The molecule has 3 heteroatoms. The highest BCUT2D eigenvalue weighted by Gasteiger charge is 2.24. The summed E-state index contributed by atoms with van der Waals surface area (Å²) < 4.78 is 5.53. The summed E-state index contributed by atoms with van der Waals surface area (Å²) >= 11 is 0. The second-order valence-electron chi connectivity index (χ2n) is 3.84. The third-order valence-corrected chi connectivity index (χ3v) is 2.73. The van der Waals surface area contributed by atoms with Crippen LogP contribution in [-0.4, -0.2) is 48.5 Å². The molecule has 0 aromatic carbocycles. The number of nitrogens with zero attached hydrogens (tertiary/aromatic N) is 1. The van der Waals surface area contributed by atoms with E-state index < -0.39 is 0 Å². The van der Waals surface area contributed by atoms with Gasteiger partial charge in [0.15, 0.2) is 0 Å². The summed E-state index contributed by atoms with van der Waals surface area (Å²) in [7, 11) is 0. The smallest absolute Gasteiger partial charge is 0.0702 e. The number of β-amino-alcohol motifs (C(OH)–C–C–N with tert-alkyl or cyclic N) is 1. The van der Waals surface area contributed by atoms with Gasteiger partial charge in [-0.1, -0.05) is 0 Å². The van der Waals surface area contributed by atoms with Gasteiger partial charge in [-0.05, 0) is 19.3 Å². The lowest BCUT2D eigenvalue weighted by atomic mass is 10.2. The Morgan fingerprint density at radius 3 is 2.92 bits per heavy atom. The van der Waals surface area contributed by atoms with Crippen molar-refractivity contribution in [1.82, 2.24) is 4.90 Å². The fourth-order valence-electron chi connectivity index (χ4n) is 2.05. The highest BCUT2D eigenvalue weighted by atomic mass is 16.5. The summed E-state index contributed by atoms with van der Waals surface area (Å²) in [5.41, 5.74) is 0. The summed E-state index contributed by atoms with van der Waals surface area (Å²) in [6, 6.07) is 0. The molecule has 0 aromatic rings. The topological polar surface area (TPSA) is 32.7 Å². The SMILES string of the molecule is O[C@H]1CCN(C[C@@H]2CCCO2)C1. The molecule has 0 radical (unpaired) electrons. The number of aliphatic hydroxyl groups is 1. The van der Waals surface area contributed by atoms with Crippen molar-refractivity contribution in [3.05, 3.63) is 0 Å². The maximum absolute atomic E-state index is 9.29. The first-order chi connectivity index (χ1) is 5.84. The molecule has 0 bridgehead atoms. The Labute approximate surface area is 73.3 Å². The van der Waals surface area contributed by atoms with Crippen LogP contribution in [0.5, 0.6) is 0 Å². The fraction of sp³-hybridized carbons (Fsp3) is 1.00. The second-order valence-corrected chi connectivity index (χ2v) is 3.84.